The van der Waals surface area contributed by atoms with Crippen molar-refractivity contribution in [1.82, 2.24) is 19.8 Å². The van der Waals surface area contributed by atoms with Crippen molar-refractivity contribution in [3.8, 4) is 0 Å². The molecule has 0 fully saturated rings. The van der Waals surface area contributed by atoms with E-state index >= 15 is 0 Å². The standard InChI is InChI=1S/C6H6N4O2S/c1-2-12-5(11)4-9-10-3-7-8-6(10)13-4/h3H,2H2,1H3. The number of fused-ring (bicyclic) bond motifs is 1. The van der Waals surface area contributed by atoms with Gasteiger partial charge in [-0.05, 0) is 6.92 Å². The second-order valence-corrected chi connectivity index (χ2v) is 3.14. The van der Waals surface area contributed by atoms with Gasteiger partial charge in [-0.1, -0.05) is 11.3 Å². The van der Waals surface area contributed by atoms with E-state index in [0.29, 0.717) is 16.6 Å². The van der Waals surface area contributed by atoms with E-state index in [4.69, 9.17) is 4.74 Å². The Kier molecular flexibility index (Phi) is 1.93. The first-order valence-corrected chi connectivity index (χ1v) is 4.47. The first-order chi connectivity index (χ1) is 6.31. The quantitative estimate of drug-likeness (QED) is 0.652. The zero-order valence-electron chi connectivity index (χ0n) is 6.80. The van der Waals surface area contributed by atoms with Gasteiger partial charge in [0.25, 0.3) is 0 Å². The fourth-order valence-corrected chi connectivity index (χ4v) is 1.55. The Balaban J connectivity index is 2.34. The van der Waals surface area contributed by atoms with Crippen molar-refractivity contribution in [2.75, 3.05) is 6.61 Å². The second-order valence-electron chi connectivity index (χ2n) is 2.19. The molecule has 2 rings (SSSR count). The lowest BCUT2D eigenvalue weighted by atomic mass is 10.7. The average Bonchev–Trinajstić information content (AvgIpc) is 2.61. The Morgan fingerprint density at radius 2 is 2.62 bits per heavy atom. The maximum Gasteiger partial charge on any atom is 0.369 e. The SMILES string of the molecule is CCOC(=O)c1nn2cnnc2s1. The van der Waals surface area contributed by atoms with Crippen LogP contribution in [0.3, 0.4) is 0 Å². The molecule has 0 aliphatic heterocycles. The average molecular weight is 198 g/mol. The Morgan fingerprint density at radius 3 is 3.31 bits per heavy atom. The number of esters is 1. The van der Waals surface area contributed by atoms with Gasteiger partial charge in [-0.15, -0.1) is 15.3 Å². The Hall–Kier alpha value is -1.50. The summed E-state index contributed by atoms with van der Waals surface area (Å²) in [6.45, 7) is 2.09. The third-order valence-corrected chi connectivity index (χ3v) is 2.23. The van der Waals surface area contributed by atoms with Crippen LogP contribution >= 0.6 is 11.3 Å². The van der Waals surface area contributed by atoms with Crippen LogP contribution in [0.1, 0.15) is 16.7 Å². The van der Waals surface area contributed by atoms with Crippen molar-refractivity contribution >= 4 is 22.3 Å². The summed E-state index contributed by atoms with van der Waals surface area (Å²) < 4.78 is 6.22. The third-order valence-electron chi connectivity index (χ3n) is 1.34. The van der Waals surface area contributed by atoms with Gasteiger partial charge in [0.1, 0.15) is 6.33 Å². The van der Waals surface area contributed by atoms with E-state index in [9.17, 15) is 4.79 Å². The summed E-state index contributed by atoms with van der Waals surface area (Å²) in [6.07, 6.45) is 1.44. The van der Waals surface area contributed by atoms with Crippen molar-refractivity contribution in [3.05, 3.63) is 11.3 Å². The van der Waals surface area contributed by atoms with Gasteiger partial charge in [0.2, 0.25) is 9.97 Å². The van der Waals surface area contributed by atoms with E-state index in [1.54, 1.807) is 6.92 Å². The Morgan fingerprint density at radius 1 is 1.77 bits per heavy atom. The monoisotopic (exact) mass is 198 g/mol. The smallest absolute Gasteiger partial charge is 0.369 e. The van der Waals surface area contributed by atoms with Gasteiger partial charge < -0.3 is 4.74 Å². The molecule has 0 aliphatic rings. The van der Waals surface area contributed by atoms with Crippen molar-refractivity contribution in [2.24, 2.45) is 0 Å². The van der Waals surface area contributed by atoms with Crippen LogP contribution in [0.25, 0.3) is 4.96 Å². The number of rotatable bonds is 2. The summed E-state index contributed by atoms with van der Waals surface area (Å²) in [5, 5.41) is 11.6. The molecular weight excluding hydrogens is 192 g/mol. The molecule has 2 aromatic rings. The lowest BCUT2D eigenvalue weighted by Gasteiger charge is -1.94. The van der Waals surface area contributed by atoms with Gasteiger partial charge >= 0.3 is 5.97 Å². The number of nitrogens with zero attached hydrogens (tertiary/aromatic N) is 4. The van der Waals surface area contributed by atoms with Crippen LogP contribution in [0.2, 0.25) is 0 Å². The zero-order chi connectivity index (χ0) is 9.26. The largest absolute Gasteiger partial charge is 0.461 e. The van der Waals surface area contributed by atoms with Crippen molar-refractivity contribution < 1.29 is 9.53 Å². The second kappa shape index (κ2) is 3.09. The number of carbonyl (C=O) groups excluding carboxylic acids is 1. The van der Waals surface area contributed by atoms with E-state index in [-0.39, 0.29) is 0 Å². The molecule has 0 radical (unpaired) electrons. The van der Waals surface area contributed by atoms with Gasteiger partial charge in [-0.25, -0.2) is 4.79 Å². The molecule has 7 heteroatoms. The predicted molar refractivity (Wildman–Crippen MR) is 44.6 cm³/mol. The zero-order valence-corrected chi connectivity index (χ0v) is 7.61. The van der Waals surface area contributed by atoms with Crippen LogP contribution in [-0.2, 0) is 4.74 Å². The number of hydrogen-bond acceptors (Lipinski definition) is 6. The molecule has 0 unspecified atom stereocenters. The number of hydrogen-bond donors (Lipinski definition) is 0. The van der Waals surface area contributed by atoms with Gasteiger partial charge in [0.15, 0.2) is 0 Å². The summed E-state index contributed by atoms with van der Waals surface area (Å²) in [5.41, 5.74) is 0. The number of aromatic nitrogens is 4. The molecule has 0 N–H and O–H groups in total. The molecule has 68 valence electrons. The van der Waals surface area contributed by atoms with Crippen molar-refractivity contribution in [1.29, 1.82) is 0 Å². The normalized spacial score (nSPS) is 10.5. The summed E-state index contributed by atoms with van der Waals surface area (Å²) in [5.74, 6) is -0.419. The molecular formula is C6H6N4O2S. The Bertz CT molecular complexity index is 406. The Labute approximate surface area is 77.2 Å². The number of carbonyl (C=O) groups is 1. The summed E-state index contributed by atoms with van der Waals surface area (Å²) >= 11 is 1.16. The van der Waals surface area contributed by atoms with Crippen LogP contribution in [0.4, 0.5) is 0 Å². The van der Waals surface area contributed by atoms with Gasteiger partial charge in [0, 0.05) is 0 Å². The number of ether oxygens (including phenoxy) is 1. The van der Waals surface area contributed by atoms with Gasteiger partial charge in [0.05, 0.1) is 6.61 Å². The van der Waals surface area contributed by atoms with Crippen LogP contribution in [0, 0.1) is 0 Å². The maximum atomic E-state index is 11.2. The molecule has 0 aromatic carbocycles. The summed E-state index contributed by atoms with van der Waals surface area (Å²) in [6, 6.07) is 0. The fourth-order valence-electron chi connectivity index (χ4n) is 0.835. The molecule has 0 spiro atoms. The van der Waals surface area contributed by atoms with E-state index < -0.39 is 5.97 Å². The van der Waals surface area contributed by atoms with Crippen LogP contribution < -0.4 is 0 Å². The molecule has 6 nitrogen and oxygen atoms in total. The van der Waals surface area contributed by atoms with Crippen LogP contribution in [-0.4, -0.2) is 32.4 Å². The summed E-state index contributed by atoms with van der Waals surface area (Å²) in [7, 11) is 0. The molecule has 0 atom stereocenters. The van der Waals surface area contributed by atoms with Crippen LogP contribution in [0.5, 0.6) is 0 Å². The molecule has 0 bridgehead atoms. The van der Waals surface area contributed by atoms with E-state index in [1.807, 2.05) is 0 Å². The minimum absolute atomic E-state index is 0.298. The third kappa shape index (κ3) is 1.37. The molecule has 0 saturated carbocycles. The topological polar surface area (TPSA) is 69.4 Å². The summed E-state index contributed by atoms with van der Waals surface area (Å²) in [4.78, 5) is 11.8. The van der Waals surface area contributed by atoms with E-state index in [1.165, 1.54) is 10.8 Å². The highest BCUT2D eigenvalue weighted by molar-refractivity contribution is 7.18. The lowest BCUT2D eigenvalue weighted by Crippen LogP contribution is -2.04. The van der Waals surface area contributed by atoms with Crippen molar-refractivity contribution in [2.45, 2.75) is 6.92 Å². The molecule has 13 heavy (non-hydrogen) atoms. The lowest BCUT2D eigenvalue weighted by molar-refractivity contribution is 0.0524. The van der Waals surface area contributed by atoms with E-state index in [0.717, 1.165) is 11.3 Å². The van der Waals surface area contributed by atoms with Gasteiger partial charge in [-0.2, -0.15) is 4.52 Å². The molecule has 0 aliphatic carbocycles. The van der Waals surface area contributed by atoms with Crippen molar-refractivity contribution in [3.63, 3.8) is 0 Å². The molecule has 0 saturated heterocycles. The highest BCUT2D eigenvalue weighted by Gasteiger charge is 2.13. The minimum Gasteiger partial charge on any atom is -0.461 e. The maximum absolute atomic E-state index is 11.2. The minimum atomic E-state index is -0.419. The fraction of sp³-hybridized carbons (Fsp3) is 0.333. The highest BCUT2D eigenvalue weighted by Crippen LogP contribution is 2.12. The first-order valence-electron chi connectivity index (χ1n) is 3.65. The van der Waals surface area contributed by atoms with Gasteiger partial charge in [-0.3, -0.25) is 0 Å². The highest BCUT2D eigenvalue weighted by atomic mass is 32.1. The first kappa shape index (κ1) is 8.11. The molecule has 2 aromatic heterocycles. The predicted octanol–water partition coefficient (Wildman–Crippen LogP) is 0.363. The van der Waals surface area contributed by atoms with E-state index in [2.05, 4.69) is 15.3 Å². The molecule has 0 amide bonds. The van der Waals surface area contributed by atoms with Crippen LogP contribution in [0.15, 0.2) is 6.33 Å². The molecule has 2 heterocycles.